The Morgan fingerprint density at radius 2 is 2.17 bits per heavy atom. The number of carbonyl (C=O) groups excluding carboxylic acids is 2. The molecule has 0 saturated carbocycles. The zero-order chi connectivity index (χ0) is 16.6. The third kappa shape index (κ3) is 2.85. The van der Waals surface area contributed by atoms with Crippen LogP contribution in [-0.4, -0.2) is 61.5 Å². The van der Waals surface area contributed by atoms with E-state index in [0.29, 0.717) is 26.1 Å². The summed E-state index contributed by atoms with van der Waals surface area (Å²) in [5.41, 5.74) is 1.03. The van der Waals surface area contributed by atoms with Crippen molar-refractivity contribution in [1.82, 2.24) is 9.80 Å². The van der Waals surface area contributed by atoms with Gasteiger partial charge in [-0.15, -0.1) is 0 Å². The third-order valence-corrected chi connectivity index (χ3v) is 4.72. The van der Waals surface area contributed by atoms with E-state index in [0.717, 1.165) is 17.1 Å². The van der Waals surface area contributed by atoms with Crippen LogP contribution in [-0.2, 0) is 9.59 Å². The van der Waals surface area contributed by atoms with E-state index < -0.39 is 0 Å². The van der Waals surface area contributed by atoms with Gasteiger partial charge in [-0.3, -0.25) is 9.59 Å². The summed E-state index contributed by atoms with van der Waals surface area (Å²) in [6.45, 7) is 3.46. The van der Waals surface area contributed by atoms with Crippen molar-refractivity contribution >= 4 is 11.8 Å². The van der Waals surface area contributed by atoms with E-state index in [9.17, 15) is 9.59 Å². The van der Waals surface area contributed by atoms with E-state index in [-0.39, 0.29) is 23.8 Å². The molecule has 0 N–H and O–H groups in total. The van der Waals surface area contributed by atoms with Crippen molar-refractivity contribution in [3.63, 3.8) is 0 Å². The first-order valence-electron chi connectivity index (χ1n) is 7.86. The zero-order valence-corrected chi connectivity index (χ0v) is 13.7. The number of rotatable bonds is 3. The minimum atomic E-state index is -0.390. The first-order valence-corrected chi connectivity index (χ1v) is 7.86. The van der Waals surface area contributed by atoms with Crippen molar-refractivity contribution in [2.24, 2.45) is 0 Å². The van der Waals surface area contributed by atoms with Crippen molar-refractivity contribution in [2.45, 2.75) is 25.3 Å². The molecule has 2 aliphatic heterocycles. The van der Waals surface area contributed by atoms with Gasteiger partial charge in [-0.2, -0.15) is 0 Å². The molecule has 23 heavy (non-hydrogen) atoms. The summed E-state index contributed by atoms with van der Waals surface area (Å²) in [6.07, 6.45) is 0.362. The standard InChI is InChI=1S/C17H22N2O4/c1-11-17(21)18(2)6-7-19(11)16(20)8-12-10-23-15-9-13(22-3)4-5-14(12)15/h4-5,9,11-12H,6-8,10H2,1-3H3. The Bertz CT molecular complexity index is 631. The van der Waals surface area contributed by atoms with Gasteiger partial charge in [0.15, 0.2) is 0 Å². The molecule has 0 aliphatic carbocycles. The summed E-state index contributed by atoms with van der Waals surface area (Å²) >= 11 is 0. The minimum Gasteiger partial charge on any atom is -0.497 e. The zero-order valence-electron chi connectivity index (χ0n) is 13.7. The number of hydrogen-bond donors (Lipinski definition) is 0. The number of carbonyl (C=O) groups is 2. The molecule has 124 valence electrons. The molecule has 2 unspecified atom stereocenters. The number of benzene rings is 1. The van der Waals surface area contributed by atoms with Crippen molar-refractivity contribution in [3.05, 3.63) is 23.8 Å². The van der Waals surface area contributed by atoms with E-state index in [2.05, 4.69) is 0 Å². The molecule has 2 amide bonds. The molecule has 0 radical (unpaired) electrons. The predicted molar refractivity (Wildman–Crippen MR) is 84.7 cm³/mol. The lowest BCUT2D eigenvalue weighted by Gasteiger charge is -2.37. The van der Waals surface area contributed by atoms with Gasteiger partial charge in [-0.25, -0.2) is 0 Å². The van der Waals surface area contributed by atoms with Crippen molar-refractivity contribution in [1.29, 1.82) is 0 Å². The molecule has 0 aromatic heterocycles. The summed E-state index contributed by atoms with van der Waals surface area (Å²) in [4.78, 5) is 28.0. The summed E-state index contributed by atoms with van der Waals surface area (Å²) in [5.74, 6) is 1.57. The molecule has 1 aromatic rings. The van der Waals surface area contributed by atoms with E-state index >= 15 is 0 Å². The summed E-state index contributed by atoms with van der Waals surface area (Å²) in [5, 5.41) is 0. The first kappa shape index (κ1) is 15.6. The normalized spacial score (nSPS) is 23.5. The Hall–Kier alpha value is -2.24. The van der Waals surface area contributed by atoms with Gasteiger partial charge in [0.25, 0.3) is 0 Å². The maximum Gasteiger partial charge on any atom is 0.244 e. The lowest BCUT2D eigenvalue weighted by molar-refractivity contribution is -0.149. The average Bonchev–Trinajstić information content (AvgIpc) is 2.94. The van der Waals surface area contributed by atoms with Crippen molar-refractivity contribution in [3.8, 4) is 11.5 Å². The molecule has 2 heterocycles. The number of piperazine rings is 1. The molecular weight excluding hydrogens is 296 g/mol. The highest BCUT2D eigenvalue weighted by Gasteiger charge is 2.35. The topological polar surface area (TPSA) is 59.1 Å². The van der Waals surface area contributed by atoms with Crippen molar-refractivity contribution < 1.29 is 19.1 Å². The quantitative estimate of drug-likeness (QED) is 0.842. The van der Waals surface area contributed by atoms with Gasteiger partial charge in [-0.05, 0) is 13.0 Å². The second-order valence-electron chi connectivity index (χ2n) is 6.14. The van der Waals surface area contributed by atoms with Crippen LogP contribution >= 0.6 is 0 Å². The van der Waals surface area contributed by atoms with Crippen LogP contribution in [0.2, 0.25) is 0 Å². The van der Waals surface area contributed by atoms with Gasteiger partial charge >= 0.3 is 0 Å². The van der Waals surface area contributed by atoms with E-state index in [1.54, 1.807) is 30.9 Å². The number of nitrogens with zero attached hydrogens (tertiary/aromatic N) is 2. The Kier molecular flexibility index (Phi) is 4.15. The number of fused-ring (bicyclic) bond motifs is 1. The second-order valence-corrected chi connectivity index (χ2v) is 6.14. The number of methoxy groups -OCH3 is 1. The lowest BCUT2D eigenvalue weighted by atomic mass is 9.96. The Morgan fingerprint density at radius 1 is 1.39 bits per heavy atom. The second kappa shape index (κ2) is 6.10. The summed E-state index contributed by atoms with van der Waals surface area (Å²) in [6, 6.07) is 5.30. The van der Waals surface area contributed by atoms with Gasteiger partial charge in [0.05, 0.1) is 13.7 Å². The predicted octanol–water partition coefficient (Wildman–Crippen LogP) is 1.25. The number of hydrogen-bond acceptors (Lipinski definition) is 4. The van der Waals surface area contributed by atoms with Crippen LogP contribution in [0.15, 0.2) is 18.2 Å². The van der Waals surface area contributed by atoms with Gasteiger partial charge in [-0.1, -0.05) is 6.07 Å². The molecule has 2 atom stereocenters. The summed E-state index contributed by atoms with van der Waals surface area (Å²) in [7, 11) is 3.39. The Labute approximate surface area is 136 Å². The van der Waals surface area contributed by atoms with Crippen LogP contribution < -0.4 is 9.47 Å². The van der Waals surface area contributed by atoms with Crippen molar-refractivity contribution in [2.75, 3.05) is 33.9 Å². The fourth-order valence-corrected chi connectivity index (χ4v) is 3.24. The largest absolute Gasteiger partial charge is 0.497 e. The van der Waals surface area contributed by atoms with Crippen LogP contribution in [0, 0.1) is 0 Å². The first-order chi connectivity index (χ1) is 11.0. The molecule has 3 rings (SSSR count). The van der Waals surface area contributed by atoms with Crippen LogP contribution in [0.5, 0.6) is 11.5 Å². The Morgan fingerprint density at radius 3 is 2.91 bits per heavy atom. The molecule has 6 nitrogen and oxygen atoms in total. The molecule has 0 spiro atoms. The minimum absolute atomic E-state index is 0.00240. The van der Waals surface area contributed by atoms with Crippen LogP contribution in [0.1, 0.15) is 24.8 Å². The van der Waals surface area contributed by atoms with E-state index in [1.807, 2.05) is 18.2 Å². The lowest BCUT2D eigenvalue weighted by Crippen LogP contribution is -2.56. The van der Waals surface area contributed by atoms with Gasteiger partial charge in [0, 0.05) is 44.1 Å². The fourth-order valence-electron chi connectivity index (χ4n) is 3.24. The fraction of sp³-hybridized carbons (Fsp3) is 0.529. The summed E-state index contributed by atoms with van der Waals surface area (Å²) < 4.78 is 10.9. The Balaban J connectivity index is 1.69. The maximum atomic E-state index is 12.6. The highest BCUT2D eigenvalue weighted by molar-refractivity contribution is 5.88. The highest BCUT2D eigenvalue weighted by atomic mass is 16.5. The molecule has 1 aromatic carbocycles. The van der Waals surface area contributed by atoms with Crippen LogP contribution in [0.3, 0.4) is 0 Å². The molecule has 2 aliphatic rings. The van der Waals surface area contributed by atoms with Crippen LogP contribution in [0.25, 0.3) is 0 Å². The number of ether oxygens (including phenoxy) is 2. The maximum absolute atomic E-state index is 12.6. The smallest absolute Gasteiger partial charge is 0.244 e. The molecular formula is C17H22N2O4. The molecule has 1 fully saturated rings. The van der Waals surface area contributed by atoms with E-state index in [4.69, 9.17) is 9.47 Å². The third-order valence-electron chi connectivity index (χ3n) is 4.72. The average molecular weight is 318 g/mol. The van der Waals surface area contributed by atoms with Gasteiger partial charge in [0.1, 0.15) is 17.5 Å². The van der Waals surface area contributed by atoms with Gasteiger partial charge in [0.2, 0.25) is 11.8 Å². The van der Waals surface area contributed by atoms with Gasteiger partial charge < -0.3 is 19.3 Å². The molecule has 0 bridgehead atoms. The van der Waals surface area contributed by atoms with E-state index in [1.165, 1.54) is 0 Å². The molecule has 6 heteroatoms. The SMILES string of the molecule is COc1ccc2c(c1)OCC2CC(=O)N1CCN(C)C(=O)C1C. The molecule has 1 saturated heterocycles. The van der Waals surface area contributed by atoms with Crippen LogP contribution in [0.4, 0.5) is 0 Å². The number of amides is 2. The number of likely N-dealkylation sites (N-methyl/N-ethyl adjacent to an activating group) is 1. The highest BCUT2D eigenvalue weighted by Crippen LogP contribution is 2.38. The monoisotopic (exact) mass is 318 g/mol.